The number of hydrogen-bond donors (Lipinski definition) is 1. The Labute approximate surface area is 87.2 Å². The molecule has 72 valence electrons. The van der Waals surface area contributed by atoms with Crippen LogP contribution in [0.5, 0.6) is 0 Å². The Kier molecular flexibility index (Phi) is 4.42. The highest BCUT2D eigenvalue weighted by Gasteiger charge is 2.11. The maximum atomic E-state index is 5.50. The van der Waals surface area contributed by atoms with Gasteiger partial charge in [0.2, 0.25) is 0 Å². The van der Waals surface area contributed by atoms with E-state index in [1.165, 1.54) is 0 Å². The molecule has 0 radical (unpaired) electrons. The van der Waals surface area contributed by atoms with Crippen molar-refractivity contribution in [3.05, 3.63) is 34.3 Å². The normalized spacial score (nSPS) is 12.8. The van der Waals surface area contributed by atoms with Gasteiger partial charge in [-0.25, -0.2) is 0 Å². The van der Waals surface area contributed by atoms with E-state index < -0.39 is 0 Å². The third-order valence-electron chi connectivity index (χ3n) is 1.97. The number of ether oxygens (including phenoxy) is 1. The van der Waals surface area contributed by atoms with E-state index in [2.05, 4.69) is 15.9 Å². The Hall–Kier alpha value is -0.380. The van der Waals surface area contributed by atoms with E-state index in [1.54, 1.807) is 7.11 Å². The van der Waals surface area contributed by atoms with Crippen molar-refractivity contribution in [3.8, 4) is 0 Å². The summed E-state index contributed by atoms with van der Waals surface area (Å²) in [4.78, 5) is 0. The van der Waals surface area contributed by atoms with Gasteiger partial charge in [-0.1, -0.05) is 34.1 Å². The molecule has 0 aliphatic rings. The summed E-state index contributed by atoms with van der Waals surface area (Å²) < 4.78 is 6.43. The highest BCUT2D eigenvalue weighted by molar-refractivity contribution is 9.10. The maximum Gasteiger partial charge on any atom is 0.0844 e. The molecule has 13 heavy (non-hydrogen) atoms. The summed E-state index contributed by atoms with van der Waals surface area (Å²) in [6.07, 6.45) is 0.944. The van der Waals surface area contributed by atoms with E-state index in [0.29, 0.717) is 6.54 Å². The molecule has 0 saturated carbocycles. The summed E-state index contributed by atoms with van der Waals surface area (Å²) in [5.74, 6) is 0. The highest BCUT2D eigenvalue weighted by Crippen LogP contribution is 2.27. The van der Waals surface area contributed by atoms with Crippen LogP contribution in [0.25, 0.3) is 0 Å². The molecule has 1 aromatic rings. The summed E-state index contributed by atoms with van der Waals surface area (Å²) in [6, 6.07) is 8.05. The summed E-state index contributed by atoms with van der Waals surface area (Å²) in [5.41, 5.74) is 6.66. The second kappa shape index (κ2) is 5.37. The molecule has 0 heterocycles. The molecule has 2 N–H and O–H groups in total. The molecule has 0 spiro atoms. The van der Waals surface area contributed by atoms with E-state index in [4.69, 9.17) is 10.5 Å². The minimum atomic E-state index is 0.0978. The molecular formula is C10H14BrNO. The van der Waals surface area contributed by atoms with Crippen molar-refractivity contribution in [1.29, 1.82) is 0 Å². The van der Waals surface area contributed by atoms with Gasteiger partial charge in [0.05, 0.1) is 6.10 Å². The minimum absolute atomic E-state index is 0.0978. The number of methoxy groups -OCH3 is 1. The molecule has 0 aliphatic heterocycles. The fourth-order valence-electron chi connectivity index (χ4n) is 1.29. The van der Waals surface area contributed by atoms with Gasteiger partial charge in [0.25, 0.3) is 0 Å². The van der Waals surface area contributed by atoms with Crippen LogP contribution in [0.1, 0.15) is 18.1 Å². The van der Waals surface area contributed by atoms with Crippen LogP contribution in [-0.2, 0) is 4.74 Å². The van der Waals surface area contributed by atoms with Gasteiger partial charge >= 0.3 is 0 Å². The second-order valence-electron chi connectivity index (χ2n) is 2.82. The van der Waals surface area contributed by atoms with E-state index >= 15 is 0 Å². The summed E-state index contributed by atoms with van der Waals surface area (Å²) in [5, 5.41) is 0. The second-order valence-corrected chi connectivity index (χ2v) is 3.68. The highest BCUT2D eigenvalue weighted by atomic mass is 79.9. The van der Waals surface area contributed by atoms with Gasteiger partial charge in [0, 0.05) is 11.6 Å². The average Bonchev–Trinajstić information content (AvgIpc) is 2.16. The van der Waals surface area contributed by atoms with Crippen LogP contribution in [0.15, 0.2) is 28.7 Å². The van der Waals surface area contributed by atoms with Crippen molar-refractivity contribution in [1.82, 2.24) is 0 Å². The molecule has 0 saturated heterocycles. The third-order valence-corrected chi connectivity index (χ3v) is 2.69. The molecule has 3 heteroatoms. The Morgan fingerprint density at radius 2 is 2.15 bits per heavy atom. The lowest BCUT2D eigenvalue weighted by Gasteiger charge is -2.15. The zero-order valence-electron chi connectivity index (χ0n) is 7.66. The van der Waals surface area contributed by atoms with Crippen LogP contribution in [0.3, 0.4) is 0 Å². The first-order valence-electron chi connectivity index (χ1n) is 4.27. The zero-order chi connectivity index (χ0) is 9.68. The first-order chi connectivity index (χ1) is 6.29. The smallest absolute Gasteiger partial charge is 0.0844 e. The van der Waals surface area contributed by atoms with Gasteiger partial charge in [-0.3, -0.25) is 0 Å². The zero-order valence-corrected chi connectivity index (χ0v) is 9.25. The summed E-state index contributed by atoms with van der Waals surface area (Å²) >= 11 is 3.49. The van der Waals surface area contributed by atoms with Crippen molar-refractivity contribution in [3.63, 3.8) is 0 Å². The predicted octanol–water partition coefficient (Wildman–Crippen LogP) is 2.49. The van der Waals surface area contributed by atoms with Gasteiger partial charge in [0.15, 0.2) is 0 Å². The van der Waals surface area contributed by atoms with Crippen molar-refractivity contribution < 1.29 is 4.74 Å². The first kappa shape index (κ1) is 10.7. The molecule has 1 rings (SSSR count). The Morgan fingerprint density at radius 3 is 2.69 bits per heavy atom. The molecule has 0 bridgehead atoms. The third kappa shape index (κ3) is 2.79. The van der Waals surface area contributed by atoms with Gasteiger partial charge in [-0.2, -0.15) is 0 Å². The van der Waals surface area contributed by atoms with Gasteiger partial charge in [-0.05, 0) is 24.6 Å². The Balaban J connectivity index is 2.84. The fourth-order valence-corrected chi connectivity index (χ4v) is 1.83. The molecule has 0 fully saturated rings. The van der Waals surface area contributed by atoms with Gasteiger partial charge in [0.1, 0.15) is 0 Å². The van der Waals surface area contributed by atoms with Crippen molar-refractivity contribution in [2.75, 3.05) is 13.7 Å². The van der Waals surface area contributed by atoms with E-state index in [9.17, 15) is 0 Å². The number of halogens is 1. The lowest BCUT2D eigenvalue weighted by Crippen LogP contribution is -2.09. The number of rotatable bonds is 4. The van der Waals surface area contributed by atoms with Crippen LogP contribution in [0.2, 0.25) is 0 Å². The Morgan fingerprint density at radius 1 is 1.46 bits per heavy atom. The van der Waals surface area contributed by atoms with Crippen LogP contribution >= 0.6 is 15.9 Å². The van der Waals surface area contributed by atoms with Crippen LogP contribution in [0.4, 0.5) is 0 Å². The summed E-state index contributed by atoms with van der Waals surface area (Å²) in [7, 11) is 1.71. The molecular weight excluding hydrogens is 230 g/mol. The van der Waals surface area contributed by atoms with Crippen molar-refractivity contribution >= 4 is 15.9 Å². The fraction of sp³-hybridized carbons (Fsp3) is 0.400. The quantitative estimate of drug-likeness (QED) is 0.883. The lowest BCUT2D eigenvalue weighted by molar-refractivity contribution is 0.0972. The Bertz CT molecular complexity index is 265. The molecule has 1 aromatic carbocycles. The number of hydrogen-bond acceptors (Lipinski definition) is 2. The van der Waals surface area contributed by atoms with Gasteiger partial charge < -0.3 is 10.5 Å². The number of nitrogens with two attached hydrogens (primary N) is 1. The largest absolute Gasteiger partial charge is 0.377 e. The van der Waals surface area contributed by atoms with Crippen LogP contribution in [0, 0.1) is 0 Å². The van der Waals surface area contributed by atoms with Gasteiger partial charge in [-0.15, -0.1) is 0 Å². The summed E-state index contributed by atoms with van der Waals surface area (Å²) in [6.45, 7) is 0.639. The molecule has 1 atom stereocenters. The van der Waals surface area contributed by atoms with E-state index in [0.717, 1.165) is 16.5 Å². The molecule has 0 aliphatic carbocycles. The minimum Gasteiger partial charge on any atom is -0.377 e. The topological polar surface area (TPSA) is 35.2 Å². The first-order valence-corrected chi connectivity index (χ1v) is 5.06. The standard InChI is InChI=1S/C10H14BrNO/c1-13-10(6-7-12)8-4-2-3-5-9(8)11/h2-5,10H,6-7,12H2,1H3. The lowest BCUT2D eigenvalue weighted by atomic mass is 10.1. The van der Waals surface area contributed by atoms with Crippen LogP contribution in [-0.4, -0.2) is 13.7 Å². The van der Waals surface area contributed by atoms with Crippen molar-refractivity contribution in [2.24, 2.45) is 5.73 Å². The molecule has 0 aromatic heterocycles. The monoisotopic (exact) mass is 243 g/mol. The van der Waals surface area contributed by atoms with Crippen LogP contribution < -0.4 is 5.73 Å². The van der Waals surface area contributed by atoms with Crippen molar-refractivity contribution in [2.45, 2.75) is 12.5 Å². The van der Waals surface area contributed by atoms with E-state index in [1.807, 2.05) is 24.3 Å². The average molecular weight is 244 g/mol. The molecule has 2 nitrogen and oxygen atoms in total. The molecule has 1 unspecified atom stereocenters. The number of benzene rings is 1. The SMILES string of the molecule is COC(CCN)c1ccccc1Br. The van der Waals surface area contributed by atoms with E-state index in [-0.39, 0.29) is 6.10 Å². The maximum absolute atomic E-state index is 5.50. The predicted molar refractivity (Wildman–Crippen MR) is 57.6 cm³/mol. The molecule has 0 amide bonds.